The van der Waals surface area contributed by atoms with Crippen LogP contribution in [0.1, 0.15) is 29.7 Å². The van der Waals surface area contributed by atoms with Gasteiger partial charge in [0, 0.05) is 26.2 Å². The number of halogens is 2. The molecule has 4 rings (SSSR count). The van der Waals surface area contributed by atoms with Crippen LogP contribution in [0.4, 0.5) is 10.1 Å². The van der Waals surface area contributed by atoms with Crippen molar-refractivity contribution >= 4 is 33.4 Å². The Kier molecular flexibility index (Phi) is 6.48. The Balaban J connectivity index is 1.56. The molecule has 174 valence electrons. The molecule has 3 aromatic rings. The largest absolute Gasteiger partial charge is 0.325 e. The van der Waals surface area contributed by atoms with Gasteiger partial charge >= 0.3 is 0 Å². The van der Waals surface area contributed by atoms with Gasteiger partial charge in [0.1, 0.15) is 17.7 Å². The zero-order chi connectivity index (χ0) is 23.8. The second-order valence-electron chi connectivity index (χ2n) is 7.76. The van der Waals surface area contributed by atoms with Crippen molar-refractivity contribution in [3.8, 4) is 0 Å². The average Bonchev–Trinajstić information content (AvgIpc) is 3.13. The van der Waals surface area contributed by atoms with Crippen LogP contribution < -0.4 is 10.0 Å². The summed E-state index contributed by atoms with van der Waals surface area (Å²) >= 11 is 5.78. The number of anilines is 1. The SMILES string of the molecule is CN1C(C(=O)Nc2ccc(F)c(Cl)c2)CC(c2nnc(Cc3ccccc3)n2C)NS1(=O)=O. The van der Waals surface area contributed by atoms with Crippen LogP contribution in [-0.4, -0.2) is 46.5 Å². The normalized spacial score (nSPS) is 20.5. The maximum atomic E-state index is 13.4. The fraction of sp³-hybridized carbons (Fsp3) is 0.286. The van der Waals surface area contributed by atoms with Crippen molar-refractivity contribution < 1.29 is 17.6 Å². The van der Waals surface area contributed by atoms with Crippen LogP contribution in [0.3, 0.4) is 0 Å². The molecule has 0 spiro atoms. The molecule has 2 heterocycles. The highest BCUT2D eigenvalue weighted by molar-refractivity contribution is 7.87. The van der Waals surface area contributed by atoms with Crippen LogP contribution in [0.15, 0.2) is 48.5 Å². The Morgan fingerprint density at radius 1 is 1.21 bits per heavy atom. The van der Waals surface area contributed by atoms with Crippen LogP contribution in [0, 0.1) is 5.82 Å². The first-order valence-electron chi connectivity index (χ1n) is 10.1. The third-order valence-electron chi connectivity index (χ3n) is 5.57. The van der Waals surface area contributed by atoms with E-state index in [9.17, 15) is 17.6 Å². The van der Waals surface area contributed by atoms with E-state index in [-0.39, 0.29) is 17.1 Å². The Morgan fingerprint density at radius 3 is 2.64 bits per heavy atom. The van der Waals surface area contributed by atoms with Crippen molar-refractivity contribution in [2.45, 2.75) is 24.9 Å². The lowest BCUT2D eigenvalue weighted by atomic mass is 10.1. The van der Waals surface area contributed by atoms with E-state index in [4.69, 9.17) is 11.6 Å². The number of nitrogens with zero attached hydrogens (tertiary/aromatic N) is 4. The predicted molar refractivity (Wildman–Crippen MR) is 121 cm³/mol. The van der Waals surface area contributed by atoms with Gasteiger partial charge in [0.2, 0.25) is 5.91 Å². The first-order chi connectivity index (χ1) is 15.7. The summed E-state index contributed by atoms with van der Waals surface area (Å²) in [5.41, 5.74) is 1.30. The minimum Gasteiger partial charge on any atom is -0.325 e. The maximum absolute atomic E-state index is 13.4. The zero-order valence-electron chi connectivity index (χ0n) is 17.9. The number of benzene rings is 2. The Morgan fingerprint density at radius 2 is 1.94 bits per heavy atom. The van der Waals surface area contributed by atoms with Crippen LogP contribution in [0.25, 0.3) is 0 Å². The number of carbonyl (C=O) groups excluding carboxylic acids is 1. The molecule has 1 saturated heterocycles. The van der Waals surface area contributed by atoms with E-state index in [2.05, 4.69) is 20.2 Å². The lowest BCUT2D eigenvalue weighted by Gasteiger charge is -2.35. The average molecular weight is 493 g/mol. The van der Waals surface area contributed by atoms with E-state index in [0.717, 1.165) is 15.9 Å². The number of rotatable bonds is 5. The molecule has 1 aliphatic heterocycles. The van der Waals surface area contributed by atoms with E-state index < -0.39 is 34.0 Å². The minimum atomic E-state index is -3.97. The molecule has 1 fully saturated rings. The predicted octanol–water partition coefficient (Wildman–Crippen LogP) is 2.42. The Labute approximate surface area is 195 Å². The highest BCUT2D eigenvalue weighted by Gasteiger charge is 2.42. The van der Waals surface area contributed by atoms with Crippen molar-refractivity contribution in [2.24, 2.45) is 7.05 Å². The first-order valence-corrected chi connectivity index (χ1v) is 11.9. The lowest BCUT2D eigenvalue weighted by Crippen LogP contribution is -2.56. The molecule has 33 heavy (non-hydrogen) atoms. The molecule has 9 nitrogen and oxygen atoms in total. The van der Waals surface area contributed by atoms with Gasteiger partial charge in [-0.05, 0) is 30.2 Å². The Bertz CT molecular complexity index is 1280. The number of carbonyl (C=O) groups is 1. The molecule has 0 radical (unpaired) electrons. The summed E-state index contributed by atoms with van der Waals surface area (Å²) in [5, 5.41) is 10.9. The lowest BCUT2D eigenvalue weighted by molar-refractivity contribution is -0.120. The van der Waals surface area contributed by atoms with Crippen molar-refractivity contribution in [3.05, 3.63) is 76.6 Å². The van der Waals surface area contributed by atoms with Crippen molar-refractivity contribution in [1.82, 2.24) is 23.8 Å². The molecule has 0 aliphatic carbocycles. The molecule has 2 aromatic carbocycles. The fourth-order valence-corrected chi connectivity index (χ4v) is 5.12. The van der Waals surface area contributed by atoms with Gasteiger partial charge in [0.25, 0.3) is 10.2 Å². The molecule has 2 unspecified atom stereocenters. The molecular weight excluding hydrogens is 471 g/mol. The molecule has 12 heteroatoms. The summed E-state index contributed by atoms with van der Waals surface area (Å²) in [7, 11) is -0.894. The second-order valence-corrected chi connectivity index (χ2v) is 9.93. The van der Waals surface area contributed by atoms with Gasteiger partial charge in [-0.3, -0.25) is 4.79 Å². The topological polar surface area (TPSA) is 109 Å². The second kappa shape index (κ2) is 9.18. The van der Waals surface area contributed by atoms with Crippen molar-refractivity contribution in [3.63, 3.8) is 0 Å². The molecule has 2 N–H and O–H groups in total. The summed E-state index contributed by atoms with van der Waals surface area (Å²) < 4.78 is 44.2. The molecule has 1 aromatic heterocycles. The van der Waals surface area contributed by atoms with Crippen LogP contribution >= 0.6 is 11.6 Å². The zero-order valence-corrected chi connectivity index (χ0v) is 19.4. The van der Waals surface area contributed by atoms with Gasteiger partial charge in [-0.2, -0.15) is 17.4 Å². The molecule has 1 aliphatic rings. The number of likely N-dealkylation sites (N-methyl/N-ethyl adjacent to an activating group) is 1. The van der Waals surface area contributed by atoms with Crippen LogP contribution in [-0.2, 0) is 28.5 Å². The third kappa shape index (κ3) is 4.91. The molecule has 2 atom stereocenters. The molecule has 0 bridgehead atoms. The molecule has 1 amide bonds. The summed E-state index contributed by atoms with van der Waals surface area (Å²) in [5.74, 6) is -0.122. The third-order valence-corrected chi connectivity index (χ3v) is 7.46. The van der Waals surface area contributed by atoms with E-state index in [0.29, 0.717) is 18.1 Å². The number of amides is 1. The van der Waals surface area contributed by atoms with E-state index in [1.165, 1.54) is 19.2 Å². The Hall–Kier alpha value is -2.86. The number of nitrogens with one attached hydrogen (secondary N) is 2. The molecule has 0 saturated carbocycles. The van der Waals surface area contributed by atoms with E-state index >= 15 is 0 Å². The van der Waals surface area contributed by atoms with Crippen LogP contribution in [0.5, 0.6) is 0 Å². The van der Waals surface area contributed by atoms with E-state index in [1.54, 1.807) is 11.6 Å². The highest BCUT2D eigenvalue weighted by Crippen LogP contribution is 2.28. The first kappa shape index (κ1) is 23.3. The van der Waals surface area contributed by atoms with Crippen molar-refractivity contribution in [1.29, 1.82) is 0 Å². The van der Waals surface area contributed by atoms with Crippen LogP contribution in [0.2, 0.25) is 5.02 Å². The number of hydrogen-bond donors (Lipinski definition) is 2. The quantitative estimate of drug-likeness (QED) is 0.568. The van der Waals surface area contributed by atoms with Gasteiger partial charge < -0.3 is 9.88 Å². The van der Waals surface area contributed by atoms with Gasteiger partial charge in [0.05, 0.1) is 11.1 Å². The smallest absolute Gasteiger partial charge is 0.280 e. The minimum absolute atomic E-state index is 0.119. The summed E-state index contributed by atoms with van der Waals surface area (Å²) in [6.45, 7) is 0. The van der Waals surface area contributed by atoms with Gasteiger partial charge in [-0.1, -0.05) is 41.9 Å². The standard InChI is InChI=1S/C21H22ClFN6O3S/c1-28-19(10-13-6-4-3-5-7-13)25-26-20(28)17-12-18(29(2)33(31,32)27-17)21(30)24-14-8-9-16(23)15(22)11-14/h3-9,11,17-18,27H,10,12H2,1-2H3,(H,24,30). The monoisotopic (exact) mass is 492 g/mol. The van der Waals surface area contributed by atoms with Gasteiger partial charge in [-0.15, -0.1) is 10.2 Å². The van der Waals surface area contributed by atoms with E-state index in [1.807, 2.05) is 30.3 Å². The van der Waals surface area contributed by atoms with Gasteiger partial charge in [-0.25, -0.2) is 4.39 Å². The van der Waals surface area contributed by atoms with Gasteiger partial charge in [0.15, 0.2) is 5.82 Å². The number of aromatic nitrogens is 3. The highest BCUT2D eigenvalue weighted by atomic mass is 35.5. The van der Waals surface area contributed by atoms with Crippen molar-refractivity contribution in [2.75, 3.05) is 12.4 Å². The number of hydrogen-bond acceptors (Lipinski definition) is 5. The summed E-state index contributed by atoms with van der Waals surface area (Å²) in [4.78, 5) is 12.9. The maximum Gasteiger partial charge on any atom is 0.280 e. The summed E-state index contributed by atoms with van der Waals surface area (Å²) in [6.07, 6.45) is 0.646. The molecular formula is C21H22ClFN6O3S. The summed E-state index contributed by atoms with van der Waals surface area (Å²) in [6, 6.07) is 11.7. The fourth-order valence-electron chi connectivity index (χ4n) is 3.69.